The molecule has 0 bridgehead atoms. The normalized spacial score (nSPS) is 11.7. The van der Waals surface area contributed by atoms with Crippen LogP contribution in [0.2, 0.25) is 115 Å². The van der Waals surface area contributed by atoms with Gasteiger partial charge in [-0.05, 0) is 286 Å². The molecule has 0 atom stereocenters. The maximum Gasteiger partial charge on any atom is 0.173 e. The predicted molar refractivity (Wildman–Crippen MR) is 418 cm³/mol. The number of benzene rings is 6. The lowest BCUT2D eigenvalue weighted by Gasteiger charge is -2.34. The van der Waals surface area contributed by atoms with Gasteiger partial charge in [-0.15, -0.1) is 0 Å². The van der Waals surface area contributed by atoms with Crippen molar-refractivity contribution in [3.8, 4) is 40.2 Å². The Balaban J connectivity index is 0.000000696. The van der Waals surface area contributed by atoms with Gasteiger partial charge in [-0.3, -0.25) is 0 Å². The number of aliphatic hydroxyl groups is 1. The number of rotatable bonds is 38. The van der Waals surface area contributed by atoms with E-state index in [-0.39, 0.29) is 28.9 Å². The largest absolute Gasteiger partial charge is 0.497 e. The number of methoxy groups -OCH3 is 7. The van der Waals surface area contributed by atoms with Gasteiger partial charge in [-0.1, -0.05) is 95.1 Å². The third-order valence-electron chi connectivity index (χ3n) is 16.8. The summed E-state index contributed by atoms with van der Waals surface area (Å²) >= 11 is 0. The maximum absolute atomic E-state index is 9.55. The highest BCUT2D eigenvalue weighted by Gasteiger charge is 2.35. The number of ether oxygens (including phenoxy) is 7. The SMILES string of the molecule is C.C.C.COc1ccc(CCC[Si](C)(C)O[Si](C)(C)CCCc2ccc(OC)c(OC)c2)cc1CO.COc1ccc(CCC[Si](C)(C)O[Si](C)(C)CCCc2ccc(OC)cc2)cc1.COc1ccccc1CCC[Si](C)(C)O[Si](C)(C)CCCc1ccccc1OC. The molecule has 0 aromatic heterocycles. The van der Waals surface area contributed by atoms with E-state index in [0.29, 0.717) is 0 Å². The lowest BCUT2D eigenvalue weighted by atomic mass is 10.1. The number of aliphatic hydroxyl groups excluding tert-OH is 1. The van der Waals surface area contributed by atoms with Crippen LogP contribution in [0.25, 0.3) is 0 Å². The topological polar surface area (TPSA) is 113 Å². The maximum atomic E-state index is 9.55. The molecule has 0 aliphatic carbocycles. The monoisotopic (exact) mass is 1400 g/mol. The molecule has 11 nitrogen and oxygen atoms in total. The number of hydrogen-bond acceptors (Lipinski definition) is 11. The van der Waals surface area contributed by atoms with Gasteiger partial charge in [-0.25, -0.2) is 0 Å². The Morgan fingerprint density at radius 2 is 0.532 bits per heavy atom. The fraction of sp³-hybridized carbons (Fsp3) is 0.532. The van der Waals surface area contributed by atoms with Crippen molar-refractivity contribution in [1.82, 2.24) is 0 Å². The molecule has 528 valence electrons. The quantitative estimate of drug-likeness (QED) is 0.0374. The Morgan fingerprint density at radius 3 is 0.840 bits per heavy atom. The average molecular weight is 1400 g/mol. The molecular weight excluding hydrogens is 1270 g/mol. The van der Waals surface area contributed by atoms with Crippen LogP contribution < -0.4 is 33.2 Å². The van der Waals surface area contributed by atoms with Gasteiger partial charge in [0, 0.05) is 5.56 Å². The van der Waals surface area contributed by atoms with Crippen molar-refractivity contribution in [2.45, 2.75) is 221 Å². The van der Waals surface area contributed by atoms with Gasteiger partial charge in [0.25, 0.3) is 0 Å². The molecule has 1 N–H and O–H groups in total. The highest BCUT2D eigenvalue weighted by atomic mass is 28.4. The molecule has 0 aliphatic heterocycles. The zero-order chi connectivity index (χ0) is 67.1. The van der Waals surface area contributed by atoms with Crippen LogP contribution in [-0.4, -0.2) is 105 Å². The van der Waals surface area contributed by atoms with Crippen LogP contribution in [0.3, 0.4) is 0 Å². The standard InChI is InChI=1S/C26H42O5Si2.2C24H38O3Si2.3CH4/c1-28-24-14-12-21(18-23(24)20-27)10-8-16-32(4,5)31-33(6,7)17-9-11-22-13-15-25(29-2)26(19-22)30-3;1-25-23-15-11-21(12-16-23)9-7-19-28(3,4)27-29(5,6)20-8-10-22-13-17-24(26-2)18-14-22;1-25-23-17-9-7-13-21(23)15-11-19-28(3,4)27-29(5,6)20-12-16-22-14-8-10-18-24(22)26-2;;;/h12-15,18-19,27H,8-11,16-17,20H2,1-7H3;11-18H,7-10,19-20H2,1-6H3;7-10,13-14,17-18H,11-12,15-16,19-20H2,1-6H3;3*1H4. The summed E-state index contributed by atoms with van der Waals surface area (Å²) in [6, 6.07) is 53.0. The van der Waals surface area contributed by atoms with E-state index in [2.05, 4.69) is 151 Å². The summed E-state index contributed by atoms with van der Waals surface area (Å²) in [6.07, 6.45) is 13.3. The van der Waals surface area contributed by atoms with E-state index in [0.717, 1.165) is 122 Å². The molecule has 0 aliphatic rings. The summed E-state index contributed by atoms with van der Waals surface area (Å²) in [5.41, 5.74) is 8.73. The highest BCUT2D eigenvalue weighted by molar-refractivity contribution is 6.86. The van der Waals surface area contributed by atoms with Crippen molar-refractivity contribution >= 4 is 49.9 Å². The molecule has 17 heteroatoms. The Kier molecular flexibility index (Phi) is 40.2. The minimum atomic E-state index is -1.74. The molecule has 6 aromatic carbocycles. The second-order valence-electron chi connectivity index (χ2n) is 27.8. The fourth-order valence-corrected chi connectivity index (χ4v) is 39.0. The summed E-state index contributed by atoms with van der Waals surface area (Å²) in [4.78, 5) is 0. The first-order valence-corrected chi connectivity index (χ1v) is 51.9. The smallest absolute Gasteiger partial charge is 0.173 e. The lowest BCUT2D eigenvalue weighted by molar-refractivity contribution is 0.273. The Hall–Kier alpha value is -4.94. The van der Waals surface area contributed by atoms with E-state index in [1.54, 1.807) is 49.8 Å². The molecule has 0 spiro atoms. The molecule has 0 fully saturated rings. The first kappa shape index (κ1) is 87.1. The van der Waals surface area contributed by atoms with Crippen LogP contribution in [0.5, 0.6) is 40.2 Å². The van der Waals surface area contributed by atoms with Crippen LogP contribution in [0.15, 0.2) is 133 Å². The molecule has 0 amide bonds. The van der Waals surface area contributed by atoms with Gasteiger partial charge in [-0.2, -0.15) is 0 Å². The van der Waals surface area contributed by atoms with Gasteiger partial charge >= 0.3 is 0 Å². The van der Waals surface area contributed by atoms with Gasteiger partial charge < -0.3 is 50.6 Å². The highest BCUT2D eigenvalue weighted by Crippen LogP contribution is 2.33. The van der Waals surface area contributed by atoms with E-state index in [9.17, 15) is 5.11 Å². The third kappa shape index (κ3) is 33.3. The van der Waals surface area contributed by atoms with Crippen molar-refractivity contribution in [3.63, 3.8) is 0 Å². The van der Waals surface area contributed by atoms with E-state index < -0.39 is 49.9 Å². The van der Waals surface area contributed by atoms with Gasteiger partial charge in [0.1, 0.15) is 28.7 Å². The third-order valence-corrected chi connectivity index (χ3v) is 39.4. The number of para-hydroxylation sites is 2. The fourth-order valence-electron chi connectivity index (χ4n) is 12.4. The number of hydrogen-bond donors (Lipinski definition) is 1. The lowest BCUT2D eigenvalue weighted by Crippen LogP contribution is -2.44. The second kappa shape index (κ2) is 43.4. The molecule has 0 saturated carbocycles. The molecule has 94 heavy (non-hydrogen) atoms. The molecule has 6 rings (SSSR count). The average Bonchev–Trinajstić information content (AvgIpc) is 0.916. The second-order valence-corrected chi connectivity index (χ2v) is 54.4. The van der Waals surface area contributed by atoms with Gasteiger partial charge in [0.05, 0.1) is 56.4 Å². The van der Waals surface area contributed by atoms with Crippen molar-refractivity contribution in [2.24, 2.45) is 0 Å². The zero-order valence-electron chi connectivity index (χ0n) is 59.7. The summed E-state index contributed by atoms with van der Waals surface area (Å²) in [5, 5.41) is 9.55. The van der Waals surface area contributed by atoms with Crippen LogP contribution in [-0.2, 0) is 57.5 Å². The van der Waals surface area contributed by atoms with Crippen molar-refractivity contribution in [3.05, 3.63) is 172 Å². The first-order valence-electron chi connectivity index (χ1n) is 33.2. The van der Waals surface area contributed by atoms with Crippen LogP contribution in [0.1, 0.15) is 99.7 Å². The summed E-state index contributed by atoms with van der Waals surface area (Å²) in [5.74, 6) is 6.16. The molecule has 6 aromatic rings. The summed E-state index contributed by atoms with van der Waals surface area (Å²) in [7, 11) is 1.83. The first-order chi connectivity index (χ1) is 43.1. The van der Waals surface area contributed by atoms with Crippen LogP contribution >= 0.6 is 0 Å². The van der Waals surface area contributed by atoms with E-state index >= 15 is 0 Å². The minimum Gasteiger partial charge on any atom is -0.497 e. The number of aryl methyl sites for hydroxylation is 6. The van der Waals surface area contributed by atoms with E-state index in [4.69, 9.17) is 45.5 Å². The summed E-state index contributed by atoms with van der Waals surface area (Å²) in [6.45, 7) is 28.5. The molecule has 0 unspecified atom stereocenters. The Labute approximate surface area is 580 Å². The van der Waals surface area contributed by atoms with Crippen LogP contribution in [0, 0.1) is 0 Å². The van der Waals surface area contributed by atoms with Crippen molar-refractivity contribution < 1.29 is 50.6 Å². The molecule has 0 saturated heterocycles. The Morgan fingerprint density at radius 1 is 0.266 bits per heavy atom. The zero-order valence-corrected chi connectivity index (χ0v) is 65.7. The Bertz CT molecular complexity index is 2810. The minimum absolute atomic E-state index is 0. The van der Waals surface area contributed by atoms with E-state index in [1.807, 2.05) is 60.7 Å². The molecule has 0 heterocycles. The van der Waals surface area contributed by atoms with Gasteiger partial charge in [0.2, 0.25) is 0 Å². The predicted octanol–water partition coefficient (Wildman–Crippen LogP) is 21.5. The summed E-state index contributed by atoms with van der Waals surface area (Å²) < 4.78 is 58.0. The van der Waals surface area contributed by atoms with Crippen LogP contribution in [0.4, 0.5) is 0 Å². The molecule has 0 radical (unpaired) electrons. The van der Waals surface area contributed by atoms with Crippen molar-refractivity contribution in [2.75, 3.05) is 49.8 Å². The van der Waals surface area contributed by atoms with Crippen molar-refractivity contribution in [1.29, 1.82) is 0 Å². The van der Waals surface area contributed by atoms with E-state index in [1.165, 1.54) is 70.4 Å². The van der Waals surface area contributed by atoms with Gasteiger partial charge in [0.15, 0.2) is 61.4 Å². The molecular formula is C77H130O11Si6.